The zero-order valence-corrected chi connectivity index (χ0v) is 5.71. The summed E-state index contributed by atoms with van der Waals surface area (Å²) < 4.78 is 0.385. The van der Waals surface area contributed by atoms with Crippen molar-refractivity contribution in [3.05, 3.63) is 0 Å². The summed E-state index contributed by atoms with van der Waals surface area (Å²) in [6.07, 6.45) is 3.78. The molecular weight excluding hydrogens is 114 g/mol. The molecule has 0 unspecified atom stereocenters. The molecule has 0 atom stereocenters. The fourth-order valence-electron chi connectivity index (χ4n) is 2.04. The Bertz CT molecular complexity index is 102. The first-order valence-corrected chi connectivity index (χ1v) is 3.87. The van der Waals surface area contributed by atoms with Gasteiger partial charge in [0.2, 0.25) is 0 Å². The second-order valence-corrected chi connectivity index (χ2v) is 3.50. The fourth-order valence-corrected chi connectivity index (χ4v) is 2.04. The molecule has 0 amide bonds. The summed E-state index contributed by atoms with van der Waals surface area (Å²) in [5.74, 6) is 0.956. The van der Waals surface area contributed by atoms with E-state index in [4.69, 9.17) is 0 Å². The molecule has 1 N–H and O–H groups in total. The molecule has 3 fully saturated rings. The normalized spacial score (nSPS) is 49.7. The van der Waals surface area contributed by atoms with Crippen LogP contribution in [0.15, 0.2) is 0 Å². The highest BCUT2D eigenvalue weighted by Crippen LogP contribution is 2.31. The molecular formula is C7H14NO+. The number of hydroxylamine groups is 3. The smallest absolute Gasteiger partial charge is 0.109 e. The van der Waals surface area contributed by atoms with E-state index in [1.165, 1.54) is 19.3 Å². The SMILES string of the molecule is O[N+]12CCC(CC1)CC2. The van der Waals surface area contributed by atoms with Crippen LogP contribution in [0.5, 0.6) is 0 Å². The molecule has 52 valence electrons. The Balaban J connectivity index is 2.11. The van der Waals surface area contributed by atoms with Gasteiger partial charge in [-0.3, -0.25) is 0 Å². The summed E-state index contributed by atoms with van der Waals surface area (Å²) in [4.78, 5) is 0. The highest BCUT2D eigenvalue weighted by Gasteiger charge is 2.38. The van der Waals surface area contributed by atoms with Crippen LogP contribution in [0, 0.1) is 5.92 Å². The first-order valence-electron chi connectivity index (χ1n) is 3.87. The minimum atomic E-state index is 0.385. The third-order valence-corrected chi connectivity index (χ3v) is 2.86. The average molecular weight is 128 g/mol. The van der Waals surface area contributed by atoms with E-state index in [1.807, 2.05) is 0 Å². The summed E-state index contributed by atoms with van der Waals surface area (Å²) in [6, 6.07) is 0. The largest absolute Gasteiger partial charge is 0.217 e. The zero-order valence-electron chi connectivity index (χ0n) is 5.71. The minimum absolute atomic E-state index is 0.385. The Kier molecular flexibility index (Phi) is 1.08. The third-order valence-electron chi connectivity index (χ3n) is 2.86. The first-order chi connectivity index (χ1) is 4.29. The van der Waals surface area contributed by atoms with E-state index in [9.17, 15) is 5.21 Å². The van der Waals surface area contributed by atoms with Crippen LogP contribution in [0.25, 0.3) is 0 Å². The first kappa shape index (κ1) is 5.69. The van der Waals surface area contributed by atoms with E-state index in [1.54, 1.807) is 0 Å². The molecule has 2 bridgehead atoms. The highest BCUT2D eigenvalue weighted by molar-refractivity contribution is 4.68. The molecule has 0 spiro atoms. The second kappa shape index (κ2) is 1.70. The lowest BCUT2D eigenvalue weighted by Crippen LogP contribution is -2.55. The van der Waals surface area contributed by atoms with Gasteiger partial charge >= 0.3 is 0 Å². The van der Waals surface area contributed by atoms with E-state index in [2.05, 4.69) is 0 Å². The number of rotatable bonds is 0. The van der Waals surface area contributed by atoms with Gasteiger partial charge in [-0.1, -0.05) is 0 Å². The van der Waals surface area contributed by atoms with Crippen LogP contribution in [-0.4, -0.2) is 29.5 Å². The molecule has 0 aromatic rings. The lowest BCUT2D eigenvalue weighted by atomic mass is 9.88. The monoisotopic (exact) mass is 128 g/mol. The predicted octanol–water partition coefficient (Wildman–Crippen LogP) is 1.01. The number of fused-ring (bicyclic) bond motifs is 3. The Morgan fingerprint density at radius 1 is 1.00 bits per heavy atom. The van der Waals surface area contributed by atoms with Crippen LogP contribution < -0.4 is 0 Å². The highest BCUT2D eigenvalue weighted by atomic mass is 16.5. The molecule has 2 heteroatoms. The molecule has 0 aromatic heterocycles. The van der Waals surface area contributed by atoms with Gasteiger partial charge in [-0.25, -0.2) is 5.21 Å². The number of hydrogen-bond donors (Lipinski definition) is 1. The van der Waals surface area contributed by atoms with E-state index in [0.29, 0.717) is 4.65 Å². The van der Waals surface area contributed by atoms with Crippen LogP contribution in [-0.2, 0) is 0 Å². The molecule has 3 saturated heterocycles. The molecule has 3 aliphatic heterocycles. The van der Waals surface area contributed by atoms with E-state index in [-0.39, 0.29) is 0 Å². The summed E-state index contributed by atoms with van der Waals surface area (Å²) >= 11 is 0. The van der Waals surface area contributed by atoms with E-state index in [0.717, 1.165) is 25.6 Å². The Morgan fingerprint density at radius 3 is 1.67 bits per heavy atom. The van der Waals surface area contributed by atoms with Gasteiger partial charge in [0, 0.05) is 19.3 Å². The maximum Gasteiger partial charge on any atom is 0.109 e. The second-order valence-electron chi connectivity index (χ2n) is 3.50. The molecule has 0 radical (unpaired) electrons. The quantitative estimate of drug-likeness (QED) is 0.483. The summed E-state index contributed by atoms with van der Waals surface area (Å²) in [5.41, 5.74) is 0. The van der Waals surface area contributed by atoms with Crippen molar-refractivity contribution in [2.45, 2.75) is 19.3 Å². The molecule has 0 aromatic carbocycles. The van der Waals surface area contributed by atoms with Crippen molar-refractivity contribution in [2.24, 2.45) is 5.92 Å². The lowest BCUT2D eigenvalue weighted by Gasteiger charge is -2.42. The van der Waals surface area contributed by atoms with Crippen molar-refractivity contribution in [1.29, 1.82) is 0 Å². The zero-order chi connectivity index (χ0) is 6.32. The fraction of sp³-hybridized carbons (Fsp3) is 1.00. The molecule has 3 rings (SSSR count). The Labute approximate surface area is 55.6 Å². The molecule has 3 aliphatic rings. The number of piperidine rings is 3. The Hall–Kier alpha value is -0.0800. The van der Waals surface area contributed by atoms with Gasteiger partial charge in [0.25, 0.3) is 0 Å². The van der Waals surface area contributed by atoms with Crippen LogP contribution in [0.1, 0.15) is 19.3 Å². The van der Waals surface area contributed by atoms with Gasteiger partial charge in [0.1, 0.15) is 19.6 Å². The van der Waals surface area contributed by atoms with E-state index < -0.39 is 0 Å². The molecule has 2 nitrogen and oxygen atoms in total. The molecule has 0 saturated carbocycles. The van der Waals surface area contributed by atoms with Gasteiger partial charge in [0.15, 0.2) is 0 Å². The molecule has 0 aliphatic carbocycles. The topological polar surface area (TPSA) is 20.2 Å². The molecule has 3 heterocycles. The van der Waals surface area contributed by atoms with Crippen LogP contribution >= 0.6 is 0 Å². The van der Waals surface area contributed by atoms with Gasteiger partial charge < -0.3 is 0 Å². The van der Waals surface area contributed by atoms with Gasteiger partial charge in [-0.15, -0.1) is 0 Å². The van der Waals surface area contributed by atoms with Crippen molar-refractivity contribution in [1.82, 2.24) is 0 Å². The predicted molar refractivity (Wildman–Crippen MR) is 34.0 cm³/mol. The summed E-state index contributed by atoms with van der Waals surface area (Å²) in [6.45, 7) is 3.06. The number of hydrogen-bond acceptors (Lipinski definition) is 1. The number of quaternary nitrogens is 1. The Morgan fingerprint density at radius 2 is 1.44 bits per heavy atom. The van der Waals surface area contributed by atoms with Crippen LogP contribution in [0.4, 0.5) is 0 Å². The van der Waals surface area contributed by atoms with E-state index >= 15 is 0 Å². The summed E-state index contributed by atoms with van der Waals surface area (Å²) in [7, 11) is 0. The van der Waals surface area contributed by atoms with Crippen molar-refractivity contribution in [3.8, 4) is 0 Å². The van der Waals surface area contributed by atoms with Gasteiger partial charge in [-0.05, 0) is 5.92 Å². The maximum atomic E-state index is 9.66. The van der Waals surface area contributed by atoms with Crippen molar-refractivity contribution >= 4 is 0 Å². The van der Waals surface area contributed by atoms with Crippen molar-refractivity contribution in [3.63, 3.8) is 0 Å². The van der Waals surface area contributed by atoms with Gasteiger partial charge in [0.05, 0.1) is 0 Å². The molecule has 9 heavy (non-hydrogen) atoms. The van der Waals surface area contributed by atoms with Crippen LogP contribution in [0.3, 0.4) is 0 Å². The van der Waals surface area contributed by atoms with Crippen molar-refractivity contribution < 1.29 is 9.85 Å². The van der Waals surface area contributed by atoms with Gasteiger partial charge in [-0.2, -0.15) is 4.65 Å². The standard InChI is InChI=1S/C7H14NO/c9-8-4-1-7(2-5-8)3-6-8/h7,9H,1-6H2/q+1. The number of nitrogens with zero attached hydrogens (tertiary/aromatic N) is 1. The summed E-state index contributed by atoms with van der Waals surface area (Å²) in [5, 5.41) is 9.66. The third kappa shape index (κ3) is 0.864. The van der Waals surface area contributed by atoms with Crippen LogP contribution in [0.2, 0.25) is 0 Å². The average Bonchev–Trinajstić information content (AvgIpc) is 1.90. The minimum Gasteiger partial charge on any atom is -0.217 e. The van der Waals surface area contributed by atoms with Crippen molar-refractivity contribution in [2.75, 3.05) is 19.6 Å². The maximum absolute atomic E-state index is 9.66. The lowest BCUT2D eigenvalue weighted by molar-refractivity contribution is -1.11.